The molecule has 1 aliphatic heterocycles. The van der Waals surface area contributed by atoms with Gasteiger partial charge in [0.25, 0.3) is 5.69 Å². The summed E-state index contributed by atoms with van der Waals surface area (Å²) in [6.07, 6.45) is 1.19. The Morgan fingerprint density at radius 1 is 1.29 bits per heavy atom. The van der Waals surface area contributed by atoms with Crippen LogP contribution in [0.5, 0.6) is 0 Å². The smallest absolute Gasteiger partial charge is 0.270 e. The maximum atomic E-state index is 12.3. The monoisotopic (exact) mass is 525 g/mol. The molecule has 11 heteroatoms. The first-order valence-electron chi connectivity index (χ1n) is 8.92. The van der Waals surface area contributed by atoms with E-state index in [1.165, 1.54) is 24.6 Å². The SMILES string of the molecule is CN=C(NCCNS(=O)(=O)c1cccc([N+](=O)[O-])c1)N1CC(C)CC(C)C1.I. The summed E-state index contributed by atoms with van der Waals surface area (Å²) in [7, 11) is -2.10. The first kappa shape index (κ1) is 24.6. The second-order valence-electron chi connectivity index (χ2n) is 6.98. The van der Waals surface area contributed by atoms with Crippen molar-refractivity contribution in [2.45, 2.75) is 25.2 Å². The molecule has 1 heterocycles. The van der Waals surface area contributed by atoms with E-state index in [9.17, 15) is 18.5 Å². The van der Waals surface area contributed by atoms with Gasteiger partial charge in [0.15, 0.2) is 5.96 Å². The van der Waals surface area contributed by atoms with Crippen molar-refractivity contribution in [2.24, 2.45) is 16.8 Å². The van der Waals surface area contributed by atoms with Crippen LogP contribution in [0.25, 0.3) is 0 Å². The number of guanidine groups is 1. The molecule has 1 saturated heterocycles. The van der Waals surface area contributed by atoms with Gasteiger partial charge in [-0.2, -0.15) is 0 Å². The van der Waals surface area contributed by atoms with Crippen molar-refractivity contribution in [3.8, 4) is 0 Å². The molecule has 2 atom stereocenters. The van der Waals surface area contributed by atoms with E-state index in [0.29, 0.717) is 18.4 Å². The topological polar surface area (TPSA) is 117 Å². The van der Waals surface area contributed by atoms with E-state index in [1.807, 2.05) is 0 Å². The van der Waals surface area contributed by atoms with Crippen molar-refractivity contribution in [1.82, 2.24) is 14.9 Å². The Balaban J connectivity index is 0.00000392. The third kappa shape index (κ3) is 6.85. The van der Waals surface area contributed by atoms with Gasteiger partial charge in [-0.15, -0.1) is 24.0 Å². The fraction of sp³-hybridized carbons (Fsp3) is 0.588. The number of sulfonamides is 1. The highest BCUT2D eigenvalue weighted by Gasteiger charge is 2.24. The first-order valence-corrected chi connectivity index (χ1v) is 10.4. The molecule has 158 valence electrons. The van der Waals surface area contributed by atoms with Gasteiger partial charge in [0, 0.05) is 45.4 Å². The molecule has 1 aliphatic rings. The zero-order valence-electron chi connectivity index (χ0n) is 16.3. The lowest BCUT2D eigenvalue weighted by atomic mass is 9.92. The van der Waals surface area contributed by atoms with E-state index in [2.05, 4.69) is 33.8 Å². The van der Waals surface area contributed by atoms with Crippen molar-refractivity contribution < 1.29 is 13.3 Å². The summed E-state index contributed by atoms with van der Waals surface area (Å²) in [5.74, 6) is 1.92. The van der Waals surface area contributed by atoms with E-state index in [1.54, 1.807) is 7.05 Å². The summed E-state index contributed by atoms with van der Waals surface area (Å²) in [4.78, 5) is 16.5. The van der Waals surface area contributed by atoms with Gasteiger partial charge in [0.05, 0.1) is 9.82 Å². The van der Waals surface area contributed by atoms with Crippen molar-refractivity contribution in [2.75, 3.05) is 33.2 Å². The Labute approximate surface area is 183 Å². The van der Waals surface area contributed by atoms with Crippen LogP contribution >= 0.6 is 24.0 Å². The highest BCUT2D eigenvalue weighted by Crippen LogP contribution is 2.21. The highest BCUT2D eigenvalue weighted by atomic mass is 127. The number of nitrogens with zero attached hydrogens (tertiary/aromatic N) is 3. The van der Waals surface area contributed by atoms with Gasteiger partial charge < -0.3 is 10.2 Å². The molecule has 28 heavy (non-hydrogen) atoms. The van der Waals surface area contributed by atoms with Gasteiger partial charge in [-0.3, -0.25) is 15.1 Å². The van der Waals surface area contributed by atoms with Gasteiger partial charge in [-0.1, -0.05) is 19.9 Å². The predicted octanol–water partition coefficient (Wildman–Crippen LogP) is 2.04. The maximum absolute atomic E-state index is 12.3. The van der Waals surface area contributed by atoms with Crippen LogP contribution in [-0.4, -0.2) is 57.4 Å². The lowest BCUT2D eigenvalue weighted by Crippen LogP contribution is -2.49. The standard InChI is InChI=1S/C17H27N5O4S.HI/c1-13-9-14(2)12-21(11-13)17(18-3)19-7-8-20-27(25,26)16-6-4-5-15(10-16)22(23)24;/h4-6,10,13-14,20H,7-9,11-12H2,1-3H3,(H,18,19);1H. The number of rotatable bonds is 6. The van der Waals surface area contributed by atoms with E-state index >= 15 is 0 Å². The summed E-state index contributed by atoms with van der Waals surface area (Å²) in [6.45, 7) is 6.77. The fourth-order valence-corrected chi connectivity index (χ4v) is 4.45. The highest BCUT2D eigenvalue weighted by molar-refractivity contribution is 14.0. The van der Waals surface area contributed by atoms with Crippen molar-refractivity contribution in [1.29, 1.82) is 0 Å². The number of aliphatic imine (C=N–C) groups is 1. The molecule has 0 radical (unpaired) electrons. The van der Waals surface area contributed by atoms with Gasteiger partial charge in [-0.05, 0) is 24.3 Å². The third-order valence-corrected chi connectivity index (χ3v) is 5.88. The Bertz CT molecular complexity index is 792. The van der Waals surface area contributed by atoms with Crippen molar-refractivity contribution >= 4 is 45.6 Å². The lowest BCUT2D eigenvalue weighted by Gasteiger charge is -2.37. The Kier molecular flexibility index (Phi) is 9.57. The Hall–Kier alpha value is -1.47. The minimum Gasteiger partial charge on any atom is -0.355 e. The molecule has 0 saturated carbocycles. The van der Waals surface area contributed by atoms with Crippen LogP contribution < -0.4 is 10.0 Å². The van der Waals surface area contributed by atoms with Crippen molar-refractivity contribution in [3.05, 3.63) is 34.4 Å². The summed E-state index contributed by atoms with van der Waals surface area (Å²) in [6, 6.07) is 4.99. The minimum atomic E-state index is -3.81. The molecule has 2 N–H and O–H groups in total. The molecule has 1 aromatic carbocycles. The van der Waals surface area contributed by atoms with Crippen molar-refractivity contribution in [3.63, 3.8) is 0 Å². The van der Waals surface area contributed by atoms with Crippen LogP contribution in [0.1, 0.15) is 20.3 Å². The number of hydrogen-bond acceptors (Lipinski definition) is 5. The normalized spacial score (nSPS) is 20.4. The number of nitrogens with one attached hydrogen (secondary N) is 2. The Morgan fingerprint density at radius 2 is 1.93 bits per heavy atom. The average molecular weight is 525 g/mol. The molecule has 0 amide bonds. The first-order chi connectivity index (χ1) is 12.7. The summed E-state index contributed by atoms with van der Waals surface area (Å²) in [5, 5.41) is 14.0. The van der Waals surface area contributed by atoms with Crippen LogP contribution in [0.15, 0.2) is 34.2 Å². The van der Waals surface area contributed by atoms with Crippen LogP contribution in [0, 0.1) is 22.0 Å². The molecule has 2 rings (SSSR count). The second kappa shape index (κ2) is 10.9. The van der Waals surface area contributed by atoms with Gasteiger partial charge in [-0.25, -0.2) is 13.1 Å². The van der Waals surface area contributed by atoms with Gasteiger partial charge in [0.1, 0.15) is 0 Å². The number of hydrogen-bond donors (Lipinski definition) is 2. The second-order valence-corrected chi connectivity index (χ2v) is 8.74. The third-order valence-electron chi connectivity index (χ3n) is 4.42. The molecule has 0 spiro atoms. The van der Waals surface area contributed by atoms with E-state index in [-0.39, 0.29) is 41.1 Å². The number of non-ortho nitro benzene ring substituents is 1. The van der Waals surface area contributed by atoms with Crippen LogP contribution in [0.3, 0.4) is 0 Å². The molecule has 2 unspecified atom stereocenters. The molecular formula is C17H28IN5O4S. The number of nitro groups is 1. The van der Waals surface area contributed by atoms with Gasteiger partial charge in [0.2, 0.25) is 10.0 Å². The predicted molar refractivity (Wildman–Crippen MR) is 120 cm³/mol. The van der Waals surface area contributed by atoms with Gasteiger partial charge >= 0.3 is 0 Å². The lowest BCUT2D eigenvalue weighted by molar-refractivity contribution is -0.385. The van der Waals surface area contributed by atoms with Crippen LogP contribution in [0.2, 0.25) is 0 Å². The molecule has 0 aromatic heterocycles. The molecule has 0 aliphatic carbocycles. The minimum absolute atomic E-state index is 0. The fourth-order valence-electron chi connectivity index (χ4n) is 3.38. The molecule has 0 bridgehead atoms. The quantitative estimate of drug-likeness (QED) is 0.147. The number of likely N-dealkylation sites (tertiary alicyclic amines) is 1. The number of piperidine rings is 1. The molecule has 9 nitrogen and oxygen atoms in total. The number of benzene rings is 1. The zero-order valence-corrected chi connectivity index (χ0v) is 19.4. The summed E-state index contributed by atoms with van der Waals surface area (Å²) < 4.78 is 27.1. The Morgan fingerprint density at radius 3 is 2.50 bits per heavy atom. The largest absolute Gasteiger partial charge is 0.355 e. The molecule has 1 aromatic rings. The van der Waals surface area contributed by atoms with Crippen LogP contribution in [0.4, 0.5) is 5.69 Å². The van der Waals surface area contributed by atoms with E-state index < -0.39 is 14.9 Å². The molecular weight excluding hydrogens is 497 g/mol. The number of halogens is 1. The number of nitro benzene ring substituents is 1. The zero-order chi connectivity index (χ0) is 20.0. The van der Waals surface area contributed by atoms with E-state index in [4.69, 9.17) is 0 Å². The summed E-state index contributed by atoms with van der Waals surface area (Å²) in [5.41, 5.74) is -0.259. The summed E-state index contributed by atoms with van der Waals surface area (Å²) >= 11 is 0. The van der Waals surface area contributed by atoms with Crippen LogP contribution in [-0.2, 0) is 10.0 Å². The molecule has 1 fully saturated rings. The van der Waals surface area contributed by atoms with E-state index in [0.717, 1.165) is 25.1 Å². The average Bonchev–Trinajstić information content (AvgIpc) is 2.61. The maximum Gasteiger partial charge on any atom is 0.270 e.